The number of carbonyl (C=O) groups excluding carboxylic acids is 2. The third-order valence-electron chi connectivity index (χ3n) is 5.24. The fourth-order valence-electron chi connectivity index (χ4n) is 3.40. The lowest BCUT2D eigenvalue weighted by atomic mass is 9.97. The van der Waals surface area contributed by atoms with Gasteiger partial charge in [-0.15, -0.1) is 10.2 Å². The Morgan fingerprint density at radius 3 is 2.12 bits per heavy atom. The number of ether oxygens (including phenoxy) is 2. The Balaban J connectivity index is 1.35. The van der Waals surface area contributed by atoms with E-state index in [1.807, 2.05) is 48.5 Å². The van der Waals surface area contributed by atoms with Gasteiger partial charge in [-0.3, -0.25) is 4.79 Å². The molecule has 4 rings (SSSR count). The summed E-state index contributed by atoms with van der Waals surface area (Å²) in [7, 11) is 1.31. The molecular weight excluding hydrogens is 430 g/mol. The van der Waals surface area contributed by atoms with Gasteiger partial charge < -0.3 is 15.2 Å². The maximum atomic E-state index is 12.7. The van der Waals surface area contributed by atoms with Crippen LogP contribution in [0, 0.1) is 0 Å². The van der Waals surface area contributed by atoms with E-state index in [9.17, 15) is 9.59 Å². The number of methoxy groups -OCH3 is 1. The Morgan fingerprint density at radius 2 is 1.50 bits per heavy atom. The predicted molar refractivity (Wildman–Crippen MR) is 128 cm³/mol. The van der Waals surface area contributed by atoms with E-state index in [4.69, 9.17) is 10.5 Å². The topological polar surface area (TPSA) is 104 Å². The standard InChI is InChI=1S/C27H23N3O4/c1-33-27(32)21-11-9-20(10-12-21)26(31)23(28)17-18-7-13-22(14-8-18)34-25-16-15-24(29-30-25)19-5-3-2-4-6-19/h2-16,23H,17,28H2,1H3/t23-/m0/s1. The molecule has 34 heavy (non-hydrogen) atoms. The highest BCUT2D eigenvalue weighted by atomic mass is 16.5. The van der Waals surface area contributed by atoms with Crippen molar-refractivity contribution in [2.75, 3.05) is 7.11 Å². The lowest BCUT2D eigenvalue weighted by molar-refractivity contribution is 0.0600. The number of carbonyl (C=O) groups is 2. The van der Waals surface area contributed by atoms with Crippen LogP contribution >= 0.6 is 0 Å². The van der Waals surface area contributed by atoms with Crippen LogP contribution in [-0.2, 0) is 11.2 Å². The smallest absolute Gasteiger partial charge is 0.337 e. The van der Waals surface area contributed by atoms with E-state index >= 15 is 0 Å². The zero-order valence-corrected chi connectivity index (χ0v) is 18.5. The number of ketones is 1. The van der Waals surface area contributed by atoms with Gasteiger partial charge >= 0.3 is 5.97 Å². The van der Waals surface area contributed by atoms with Gasteiger partial charge in [-0.2, -0.15) is 0 Å². The first-order chi connectivity index (χ1) is 16.5. The fourth-order valence-corrected chi connectivity index (χ4v) is 3.40. The molecule has 2 N–H and O–H groups in total. The Kier molecular flexibility index (Phi) is 7.05. The van der Waals surface area contributed by atoms with Crippen molar-refractivity contribution < 1.29 is 19.1 Å². The van der Waals surface area contributed by atoms with Crippen LogP contribution in [0.2, 0.25) is 0 Å². The molecule has 170 valence electrons. The molecule has 0 bridgehead atoms. The summed E-state index contributed by atoms with van der Waals surface area (Å²) in [5.41, 5.74) is 9.60. The van der Waals surface area contributed by atoms with Crippen LogP contribution in [0.25, 0.3) is 11.3 Å². The first-order valence-electron chi connectivity index (χ1n) is 10.7. The number of nitrogens with zero attached hydrogens (tertiary/aromatic N) is 2. The minimum atomic E-state index is -0.716. The van der Waals surface area contributed by atoms with Gasteiger partial charge in [0, 0.05) is 17.2 Å². The van der Waals surface area contributed by atoms with E-state index < -0.39 is 12.0 Å². The summed E-state index contributed by atoms with van der Waals surface area (Å²) in [4.78, 5) is 24.2. The Hall–Kier alpha value is -4.36. The monoisotopic (exact) mass is 453 g/mol. The molecule has 0 radical (unpaired) electrons. The van der Waals surface area contributed by atoms with Gasteiger partial charge in [-0.05, 0) is 42.3 Å². The number of esters is 1. The zero-order valence-electron chi connectivity index (χ0n) is 18.5. The normalized spacial score (nSPS) is 11.5. The maximum Gasteiger partial charge on any atom is 0.337 e. The van der Waals surface area contributed by atoms with Gasteiger partial charge in [0.2, 0.25) is 5.88 Å². The largest absolute Gasteiger partial charge is 0.465 e. The molecule has 7 heteroatoms. The van der Waals surface area contributed by atoms with Crippen LogP contribution in [0.4, 0.5) is 0 Å². The van der Waals surface area contributed by atoms with E-state index in [1.54, 1.807) is 42.5 Å². The summed E-state index contributed by atoms with van der Waals surface area (Å²) < 4.78 is 10.4. The van der Waals surface area contributed by atoms with Gasteiger partial charge in [0.15, 0.2) is 5.78 Å². The Bertz CT molecular complexity index is 1260. The molecule has 0 amide bonds. The van der Waals surface area contributed by atoms with E-state index in [0.29, 0.717) is 29.2 Å². The second-order valence-electron chi connectivity index (χ2n) is 7.61. The maximum absolute atomic E-state index is 12.7. The highest BCUT2D eigenvalue weighted by molar-refractivity contribution is 6.01. The molecular formula is C27H23N3O4. The van der Waals surface area contributed by atoms with Crippen molar-refractivity contribution in [3.05, 3.63) is 108 Å². The number of rotatable bonds is 8. The average Bonchev–Trinajstić information content (AvgIpc) is 2.90. The molecule has 1 aromatic heterocycles. The van der Waals surface area contributed by atoms with Gasteiger partial charge in [0.25, 0.3) is 0 Å². The highest BCUT2D eigenvalue weighted by Gasteiger charge is 2.17. The summed E-state index contributed by atoms with van der Waals surface area (Å²) in [6, 6.07) is 26.2. The summed E-state index contributed by atoms with van der Waals surface area (Å²) in [6.07, 6.45) is 0.365. The van der Waals surface area contributed by atoms with Crippen molar-refractivity contribution in [2.45, 2.75) is 12.5 Å². The minimum Gasteiger partial charge on any atom is -0.465 e. The summed E-state index contributed by atoms with van der Waals surface area (Å²) in [5, 5.41) is 8.35. The minimum absolute atomic E-state index is 0.203. The van der Waals surface area contributed by atoms with Crippen LogP contribution in [0.15, 0.2) is 91.0 Å². The number of hydrogen-bond acceptors (Lipinski definition) is 7. The van der Waals surface area contributed by atoms with Crippen LogP contribution in [0.5, 0.6) is 11.6 Å². The van der Waals surface area contributed by atoms with Crippen LogP contribution < -0.4 is 10.5 Å². The van der Waals surface area contributed by atoms with E-state index in [0.717, 1.165) is 16.8 Å². The molecule has 3 aromatic carbocycles. The zero-order chi connectivity index (χ0) is 23.9. The number of benzene rings is 3. The van der Waals surface area contributed by atoms with Gasteiger partial charge in [-0.25, -0.2) is 4.79 Å². The number of aromatic nitrogens is 2. The number of Topliss-reactive ketones (excluding diaryl/α,β-unsaturated/α-hetero) is 1. The molecule has 1 atom stereocenters. The molecule has 7 nitrogen and oxygen atoms in total. The molecule has 0 spiro atoms. The predicted octanol–water partition coefficient (Wildman–Crippen LogP) is 4.48. The lowest BCUT2D eigenvalue weighted by Crippen LogP contribution is -2.32. The van der Waals surface area contributed by atoms with Gasteiger partial charge in [0.05, 0.1) is 24.4 Å². The van der Waals surface area contributed by atoms with Crippen LogP contribution in [-0.4, -0.2) is 35.1 Å². The number of nitrogens with two attached hydrogens (primary N) is 1. The fraction of sp³-hybridized carbons (Fsp3) is 0.111. The van der Waals surface area contributed by atoms with Crippen molar-refractivity contribution in [3.63, 3.8) is 0 Å². The Labute approximate surface area is 197 Å². The van der Waals surface area contributed by atoms with Crippen molar-refractivity contribution in [1.82, 2.24) is 10.2 Å². The summed E-state index contributed by atoms with van der Waals surface area (Å²) in [6.45, 7) is 0. The van der Waals surface area contributed by atoms with Crippen molar-refractivity contribution in [2.24, 2.45) is 5.73 Å². The molecule has 1 heterocycles. The first kappa shape index (κ1) is 22.8. The molecule has 0 aliphatic rings. The molecule has 4 aromatic rings. The highest BCUT2D eigenvalue weighted by Crippen LogP contribution is 2.22. The van der Waals surface area contributed by atoms with E-state index in [1.165, 1.54) is 7.11 Å². The summed E-state index contributed by atoms with van der Waals surface area (Å²) in [5.74, 6) is 0.327. The van der Waals surface area contributed by atoms with Crippen LogP contribution in [0.1, 0.15) is 26.3 Å². The number of hydrogen-bond donors (Lipinski definition) is 1. The third kappa shape index (κ3) is 5.51. The molecule has 0 saturated carbocycles. The quantitative estimate of drug-likeness (QED) is 0.310. The average molecular weight is 453 g/mol. The van der Waals surface area contributed by atoms with Crippen molar-refractivity contribution in [3.8, 4) is 22.9 Å². The Morgan fingerprint density at radius 1 is 0.824 bits per heavy atom. The summed E-state index contributed by atoms with van der Waals surface area (Å²) >= 11 is 0. The van der Waals surface area contributed by atoms with Gasteiger partial charge in [-0.1, -0.05) is 54.6 Å². The molecule has 0 unspecified atom stereocenters. The van der Waals surface area contributed by atoms with Crippen molar-refractivity contribution in [1.29, 1.82) is 0 Å². The van der Waals surface area contributed by atoms with E-state index in [2.05, 4.69) is 14.9 Å². The SMILES string of the molecule is COC(=O)c1ccc(C(=O)[C@@H](N)Cc2ccc(Oc3ccc(-c4ccccc4)nn3)cc2)cc1. The van der Waals surface area contributed by atoms with Gasteiger partial charge in [0.1, 0.15) is 5.75 Å². The molecule has 0 saturated heterocycles. The molecule has 0 fully saturated rings. The lowest BCUT2D eigenvalue weighted by Gasteiger charge is -2.12. The van der Waals surface area contributed by atoms with Crippen LogP contribution in [0.3, 0.4) is 0 Å². The van der Waals surface area contributed by atoms with Crippen molar-refractivity contribution >= 4 is 11.8 Å². The molecule has 0 aliphatic carbocycles. The first-order valence-corrected chi connectivity index (χ1v) is 10.7. The second-order valence-corrected chi connectivity index (χ2v) is 7.61. The molecule has 0 aliphatic heterocycles. The second kappa shape index (κ2) is 10.5. The van der Waals surface area contributed by atoms with E-state index in [-0.39, 0.29) is 5.78 Å². The third-order valence-corrected chi connectivity index (χ3v) is 5.24.